The number of hydrogen-bond donors (Lipinski definition) is 0. The van der Waals surface area contributed by atoms with Gasteiger partial charge < -0.3 is 9.32 Å². The Hall–Kier alpha value is -2.40. The van der Waals surface area contributed by atoms with E-state index in [1.807, 2.05) is 23.1 Å². The molecule has 5 heteroatoms. The van der Waals surface area contributed by atoms with Gasteiger partial charge in [0.2, 0.25) is 5.91 Å². The van der Waals surface area contributed by atoms with E-state index >= 15 is 0 Å². The number of amides is 1. The summed E-state index contributed by atoms with van der Waals surface area (Å²) in [6.07, 6.45) is 5.78. The number of benzene rings is 1. The Morgan fingerprint density at radius 3 is 2.71 bits per heavy atom. The Morgan fingerprint density at radius 2 is 1.96 bits per heavy atom. The van der Waals surface area contributed by atoms with Gasteiger partial charge in [-0.2, -0.15) is 0 Å². The highest BCUT2D eigenvalue weighted by Gasteiger charge is 2.17. The van der Waals surface area contributed by atoms with Gasteiger partial charge in [0.1, 0.15) is 11.6 Å². The van der Waals surface area contributed by atoms with Crippen molar-refractivity contribution in [3.8, 4) is 0 Å². The van der Waals surface area contributed by atoms with Gasteiger partial charge in [0.25, 0.3) is 0 Å². The molecule has 4 nitrogen and oxygen atoms in total. The van der Waals surface area contributed by atoms with Crippen LogP contribution in [-0.4, -0.2) is 41.9 Å². The number of furan rings is 1. The summed E-state index contributed by atoms with van der Waals surface area (Å²) in [6.45, 7) is 3.98. The van der Waals surface area contributed by atoms with E-state index in [1.165, 1.54) is 12.1 Å². The van der Waals surface area contributed by atoms with E-state index in [-0.39, 0.29) is 11.7 Å². The van der Waals surface area contributed by atoms with Gasteiger partial charge in [0, 0.05) is 38.8 Å². The van der Waals surface area contributed by atoms with Crippen LogP contribution in [0.25, 0.3) is 6.08 Å². The second-order valence-electron chi connectivity index (χ2n) is 5.93. The van der Waals surface area contributed by atoms with Crippen LogP contribution in [0.15, 0.2) is 53.2 Å². The Morgan fingerprint density at radius 1 is 1.12 bits per heavy atom. The monoisotopic (exact) mass is 328 g/mol. The zero-order valence-electron chi connectivity index (χ0n) is 13.5. The van der Waals surface area contributed by atoms with Crippen molar-refractivity contribution in [1.82, 2.24) is 9.80 Å². The Labute approximate surface area is 141 Å². The Bertz CT molecular complexity index is 680. The standard InChI is InChI=1S/C19H21FN2O2/c20-17-6-4-16(5-7-17)15-21-10-2-11-22(13-12-21)19(23)9-8-18-3-1-14-24-18/h1,3-9,14H,2,10-13,15H2/b9-8+. The van der Waals surface area contributed by atoms with Crippen LogP contribution in [0.1, 0.15) is 17.7 Å². The van der Waals surface area contributed by atoms with Crippen LogP contribution in [0.5, 0.6) is 0 Å². The number of hydrogen-bond acceptors (Lipinski definition) is 3. The third kappa shape index (κ3) is 4.55. The fourth-order valence-corrected chi connectivity index (χ4v) is 2.84. The molecule has 1 fully saturated rings. The minimum absolute atomic E-state index is 0.00929. The van der Waals surface area contributed by atoms with Gasteiger partial charge in [-0.3, -0.25) is 9.69 Å². The first-order chi connectivity index (χ1) is 11.7. The molecule has 0 bridgehead atoms. The topological polar surface area (TPSA) is 36.7 Å². The van der Waals surface area contributed by atoms with Crippen molar-refractivity contribution < 1.29 is 13.6 Å². The van der Waals surface area contributed by atoms with Crippen molar-refractivity contribution in [2.24, 2.45) is 0 Å². The average Bonchev–Trinajstić information content (AvgIpc) is 3.00. The van der Waals surface area contributed by atoms with E-state index < -0.39 is 0 Å². The first-order valence-corrected chi connectivity index (χ1v) is 8.18. The molecule has 126 valence electrons. The first-order valence-electron chi connectivity index (χ1n) is 8.18. The quantitative estimate of drug-likeness (QED) is 0.809. The van der Waals surface area contributed by atoms with Crippen LogP contribution in [0.2, 0.25) is 0 Å². The van der Waals surface area contributed by atoms with Gasteiger partial charge in [-0.25, -0.2) is 4.39 Å². The molecule has 1 aromatic heterocycles. The summed E-state index contributed by atoms with van der Waals surface area (Å²) in [6, 6.07) is 10.2. The first kappa shape index (κ1) is 16.5. The highest BCUT2D eigenvalue weighted by Crippen LogP contribution is 2.11. The zero-order chi connectivity index (χ0) is 16.8. The average molecular weight is 328 g/mol. The predicted octanol–water partition coefficient (Wildman–Crippen LogP) is 3.17. The molecule has 0 saturated carbocycles. The molecule has 3 rings (SSSR count). The second kappa shape index (κ2) is 7.93. The van der Waals surface area contributed by atoms with E-state index in [1.54, 1.807) is 24.5 Å². The highest BCUT2D eigenvalue weighted by molar-refractivity contribution is 5.91. The van der Waals surface area contributed by atoms with Gasteiger partial charge in [0.05, 0.1) is 6.26 Å². The van der Waals surface area contributed by atoms with E-state index in [2.05, 4.69) is 4.90 Å². The lowest BCUT2D eigenvalue weighted by atomic mass is 10.2. The summed E-state index contributed by atoms with van der Waals surface area (Å²) in [5.74, 6) is 0.473. The van der Waals surface area contributed by atoms with E-state index in [9.17, 15) is 9.18 Å². The molecule has 24 heavy (non-hydrogen) atoms. The SMILES string of the molecule is O=C(/C=C/c1ccco1)N1CCCN(Cc2ccc(F)cc2)CC1. The van der Waals surface area contributed by atoms with Gasteiger partial charge in [-0.15, -0.1) is 0 Å². The van der Waals surface area contributed by atoms with Crippen LogP contribution >= 0.6 is 0 Å². The molecular formula is C19H21FN2O2. The lowest BCUT2D eigenvalue weighted by Gasteiger charge is -2.21. The molecule has 0 radical (unpaired) electrons. The largest absolute Gasteiger partial charge is 0.465 e. The third-order valence-corrected chi connectivity index (χ3v) is 4.15. The lowest BCUT2D eigenvalue weighted by Crippen LogP contribution is -2.34. The van der Waals surface area contributed by atoms with Crippen LogP contribution < -0.4 is 0 Å². The minimum atomic E-state index is -0.213. The predicted molar refractivity (Wildman–Crippen MR) is 90.6 cm³/mol. The molecule has 1 aliphatic rings. The number of carbonyl (C=O) groups is 1. The summed E-state index contributed by atoms with van der Waals surface area (Å²) < 4.78 is 18.2. The fourth-order valence-electron chi connectivity index (χ4n) is 2.84. The number of carbonyl (C=O) groups excluding carboxylic acids is 1. The summed E-state index contributed by atoms with van der Waals surface area (Å²) >= 11 is 0. The number of rotatable bonds is 4. The summed E-state index contributed by atoms with van der Waals surface area (Å²) in [4.78, 5) is 16.5. The number of nitrogens with zero attached hydrogens (tertiary/aromatic N) is 2. The second-order valence-corrected chi connectivity index (χ2v) is 5.93. The maximum Gasteiger partial charge on any atom is 0.246 e. The molecule has 2 aromatic rings. The van der Waals surface area contributed by atoms with E-state index in [0.29, 0.717) is 12.3 Å². The molecule has 1 saturated heterocycles. The maximum absolute atomic E-state index is 13.0. The number of halogens is 1. The molecule has 0 atom stereocenters. The zero-order valence-corrected chi connectivity index (χ0v) is 13.5. The summed E-state index contributed by atoms with van der Waals surface area (Å²) in [7, 11) is 0. The van der Waals surface area contributed by atoms with Gasteiger partial charge in [-0.05, 0) is 42.3 Å². The molecule has 0 aliphatic carbocycles. The molecular weight excluding hydrogens is 307 g/mol. The molecule has 0 spiro atoms. The maximum atomic E-state index is 13.0. The van der Waals surface area contributed by atoms with Crippen molar-refractivity contribution in [2.75, 3.05) is 26.2 Å². The third-order valence-electron chi connectivity index (χ3n) is 4.15. The van der Waals surface area contributed by atoms with Crippen molar-refractivity contribution in [2.45, 2.75) is 13.0 Å². The van der Waals surface area contributed by atoms with E-state index in [0.717, 1.165) is 38.2 Å². The normalized spacial score (nSPS) is 16.5. The molecule has 2 heterocycles. The van der Waals surface area contributed by atoms with Gasteiger partial charge in [0.15, 0.2) is 0 Å². The van der Waals surface area contributed by atoms with Gasteiger partial charge >= 0.3 is 0 Å². The highest BCUT2D eigenvalue weighted by atomic mass is 19.1. The van der Waals surface area contributed by atoms with Crippen molar-refractivity contribution in [1.29, 1.82) is 0 Å². The molecule has 0 unspecified atom stereocenters. The lowest BCUT2D eigenvalue weighted by molar-refractivity contribution is -0.125. The van der Waals surface area contributed by atoms with Crippen molar-refractivity contribution in [3.63, 3.8) is 0 Å². The fraction of sp³-hybridized carbons (Fsp3) is 0.316. The van der Waals surface area contributed by atoms with Gasteiger partial charge in [-0.1, -0.05) is 12.1 Å². The molecule has 1 aromatic carbocycles. The molecule has 1 amide bonds. The van der Waals surface area contributed by atoms with Crippen LogP contribution in [0, 0.1) is 5.82 Å². The summed E-state index contributed by atoms with van der Waals surface area (Å²) in [5.41, 5.74) is 1.09. The Balaban J connectivity index is 1.52. The summed E-state index contributed by atoms with van der Waals surface area (Å²) in [5, 5.41) is 0. The van der Waals surface area contributed by atoms with Crippen LogP contribution in [0.4, 0.5) is 4.39 Å². The minimum Gasteiger partial charge on any atom is -0.465 e. The molecule has 1 aliphatic heterocycles. The Kier molecular flexibility index (Phi) is 5.43. The van der Waals surface area contributed by atoms with Crippen molar-refractivity contribution in [3.05, 3.63) is 65.9 Å². The smallest absolute Gasteiger partial charge is 0.246 e. The molecule has 0 N–H and O–H groups in total. The van der Waals surface area contributed by atoms with E-state index in [4.69, 9.17) is 4.42 Å². The van der Waals surface area contributed by atoms with Crippen molar-refractivity contribution >= 4 is 12.0 Å². The van der Waals surface area contributed by atoms with Crippen LogP contribution in [0.3, 0.4) is 0 Å². The van der Waals surface area contributed by atoms with Crippen LogP contribution in [-0.2, 0) is 11.3 Å².